The molecule has 0 N–H and O–H groups in total. The minimum atomic E-state index is -1.13. The van der Waals surface area contributed by atoms with E-state index in [4.69, 9.17) is 4.74 Å². The molecule has 138 valence electrons. The summed E-state index contributed by atoms with van der Waals surface area (Å²) in [4.78, 5) is 24.0. The first-order valence-electron chi connectivity index (χ1n) is 8.14. The molecule has 0 aliphatic carbocycles. The molecule has 0 spiro atoms. The maximum absolute atomic E-state index is 13.2. The highest BCUT2D eigenvalue weighted by Crippen LogP contribution is 2.14. The first-order valence-corrected chi connectivity index (χ1v) is 8.14. The van der Waals surface area contributed by atoms with Gasteiger partial charge in [0.25, 0.3) is 0 Å². The highest BCUT2D eigenvalue weighted by atomic mass is 19.2. The second-order valence-corrected chi connectivity index (χ2v) is 6.01. The summed E-state index contributed by atoms with van der Waals surface area (Å²) in [5.41, 5.74) is 2.82. The summed E-state index contributed by atoms with van der Waals surface area (Å²) >= 11 is 0. The van der Waals surface area contributed by atoms with E-state index in [0.29, 0.717) is 0 Å². The van der Waals surface area contributed by atoms with Crippen LogP contribution in [0.15, 0.2) is 48.5 Å². The average Bonchev–Trinajstić information content (AvgIpc) is 3.00. The highest BCUT2D eigenvalue weighted by molar-refractivity contribution is 5.99. The van der Waals surface area contributed by atoms with Crippen molar-refractivity contribution >= 4 is 11.8 Å². The van der Waals surface area contributed by atoms with Gasteiger partial charge in [0.05, 0.1) is 16.9 Å². The van der Waals surface area contributed by atoms with Crippen LogP contribution in [0.3, 0.4) is 0 Å². The molecule has 0 aliphatic heterocycles. The van der Waals surface area contributed by atoms with Crippen LogP contribution in [0, 0.1) is 25.5 Å². The summed E-state index contributed by atoms with van der Waals surface area (Å²) in [6.45, 7) is 3.24. The molecule has 0 bridgehead atoms. The fourth-order valence-electron chi connectivity index (χ4n) is 2.60. The Morgan fingerprint density at radius 3 is 2.22 bits per heavy atom. The number of carbonyl (C=O) groups excluding carboxylic acids is 2. The molecule has 5 nitrogen and oxygen atoms in total. The van der Waals surface area contributed by atoms with E-state index in [9.17, 15) is 18.4 Å². The summed E-state index contributed by atoms with van der Waals surface area (Å²) in [5.74, 6) is -3.49. The van der Waals surface area contributed by atoms with E-state index >= 15 is 0 Å². The molecular weight excluding hydrogens is 354 g/mol. The Kier molecular flexibility index (Phi) is 5.12. The van der Waals surface area contributed by atoms with Gasteiger partial charge in [-0.15, -0.1) is 0 Å². The summed E-state index contributed by atoms with van der Waals surface area (Å²) < 4.78 is 32.8. The van der Waals surface area contributed by atoms with Gasteiger partial charge in [0.1, 0.15) is 0 Å². The monoisotopic (exact) mass is 370 g/mol. The maximum Gasteiger partial charge on any atom is 0.338 e. The van der Waals surface area contributed by atoms with Gasteiger partial charge in [-0.2, -0.15) is 5.10 Å². The molecule has 0 aliphatic rings. The van der Waals surface area contributed by atoms with Gasteiger partial charge in [-0.1, -0.05) is 0 Å². The van der Waals surface area contributed by atoms with Crippen molar-refractivity contribution in [3.8, 4) is 5.69 Å². The first-order chi connectivity index (χ1) is 12.8. The standard InChI is InChI=1S/C20H16F2N2O3/c1-12-9-13(2)24(23-12)16-6-3-14(4-7-16)20(26)27-11-19(25)15-5-8-17(21)18(22)10-15/h3-10H,11H2,1-2H3. The Hall–Kier alpha value is -3.35. The summed E-state index contributed by atoms with van der Waals surface area (Å²) in [6.07, 6.45) is 0. The molecule has 0 atom stereocenters. The van der Waals surface area contributed by atoms with Crippen molar-refractivity contribution in [3.05, 3.63) is 82.7 Å². The molecule has 7 heteroatoms. The van der Waals surface area contributed by atoms with Crippen LogP contribution in [0.4, 0.5) is 8.78 Å². The molecule has 0 saturated carbocycles. The van der Waals surface area contributed by atoms with Gasteiger partial charge in [-0.05, 0) is 62.4 Å². The molecule has 0 amide bonds. The van der Waals surface area contributed by atoms with Crippen LogP contribution >= 0.6 is 0 Å². The molecule has 2 aromatic carbocycles. The minimum absolute atomic E-state index is 0.0680. The molecule has 27 heavy (non-hydrogen) atoms. The molecular formula is C20H16F2N2O3. The van der Waals surface area contributed by atoms with E-state index < -0.39 is 30.0 Å². The number of rotatable bonds is 5. The quantitative estimate of drug-likeness (QED) is 0.506. The third kappa shape index (κ3) is 4.08. The molecule has 0 unspecified atom stereocenters. The fraction of sp³-hybridized carbons (Fsp3) is 0.150. The SMILES string of the molecule is Cc1cc(C)n(-c2ccc(C(=O)OCC(=O)c3ccc(F)c(F)c3)cc2)n1. The Morgan fingerprint density at radius 1 is 0.963 bits per heavy atom. The van der Waals surface area contributed by atoms with Crippen LogP contribution in [0.2, 0.25) is 0 Å². The largest absolute Gasteiger partial charge is 0.454 e. The number of ether oxygens (including phenoxy) is 1. The minimum Gasteiger partial charge on any atom is -0.454 e. The van der Waals surface area contributed by atoms with Crippen LogP contribution in [0.1, 0.15) is 32.1 Å². The number of benzene rings is 2. The number of aromatic nitrogens is 2. The van der Waals surface area contributed by atoms with E-state index in [-0.39, 0.29) is 11.1 Å². The number of hydrogen-bond acceptors (Lipinski definition) is 4. The molecule has 3 aromatic rings. The lowest BCUT2D eigenvalue weighted by molar-refractivity contribution is 0.0474. The average molecular weight is 370 g/mol. The van der Waals surface area contributed by atoms with Crippen molar-refractivity contribution in [3.63, 3.8) is 0 Å². The highest BCUT2D eigenvalue weighted by Gasteiger charge is 2.14. The maximum atomic E-state index is 13.2. The first kappa shape index (κ1) is 18.4. The van der Waals surface area contributed by atoms with Crippen molar-refractivity contribution in [1.29, 1.82) is 0 Å². The van der Waals surface area contributed by atoms with E-state index in [1.807, 2.05) is 19.9 Å². The zero-order valence-corrected chi connectivity index (χ0v) is 14.7. The number of aryl methyl sites for hydroxylation is 2. The van der Waals surface area contributed by atoms with E-state index in [0.717, 1.165) is 35.3 Å². The van der Waals surface area contributed by atoms with Gasteiger partial charge in [-0.25, -0.2) is 18.3 Å². The predicted molar refractivity (Wildman–Crippen MR) is 94.0 cm³/mol. The van der Waals surface area contributed by atoms with Gasteiger partial charge < -0.3 is 4.74 Å². The van der Waals surface area contributed by atoms with Crippen molar-refractivity contribution in [1.82, 2.24) is 9.78 Å². The molecule has 1 heterocycles. The molecule has 0 radical (unpaired) electrons. The number of hydrogen-bond donors (Lipinski definition) is 0. The fourth-order valence-corrected chi connectivity index (χ4v) is 2.60. The summed E-state index contributed by atoms with van der Waals surface area (Å²) in [6, 6.07) is 11.3. The van der Waals surface area contributed by atoms with Gasteiger partial charge in [0.2, 0.25) is 0 Å². The third-order valence-electron chi connectivity index (χ3n) is 3.93. The van der Waals surface area contributed by atoms with Crippen molar-refractivity contribution < 1.29 is 23.1 Å². The normalized spacial score (nSPS) is 10.7. The lowest BCUT2D eigenvalue weighted by Crippen LogP contribution is -2.14. The van der Waals surface area contributed by atoms with Gasteiger partial charge >= 0.3 is 5.97 Å². The van der Waals surface area contributed by atoms with E-state index in [1.165, 1.54) is 0 Å². The molecule has 0 saturated heterocycles. The molecule has 0 fully saturated rings. The Morgan fingerprint density at radius 2 is 1.63 bits per heavy atom. The zero-order chi connectivity index (χ0) is 19.6. The Balaban J connectivity index is 1.65. The van der Waals surface area contributed by atoms with Crippen LogP contribution < -0.4 is 0 Å². The van der Waals surface area contributed by atoms with E-state index in [1.54, 1.807) is 28.9 Å². The van der Waals surface area contributed by atoms with Gasteiger partial charge in [0.15, 0.2) is 24.0 Å². The number of carbonyl (C=O) groups is 2. The van der Waals surface area contributed by atoms with Crippen molar-refractivity contribution in [2.24, 2.45) is 0 Å². The summed E-state index contributed by atoms with van der Waals surface area (Å²) in [7, 11) is 0. The van der Waals surface area contributed by atoms with Crippen LogP contribution in [-0.2, 0) is 4.74 Å². The lowest BCUT2D eigenvalue weighted by atomic mass is 10.1. The third-order valence-corrected chi connectivity index (χ3v) is 3.93. The second-order valence-electron chi connectivity index (χ2n) is 6.01. The van der Waals surface area contributed by atoms with Crippen molar-refractivity contribution in [2.45, 2.75) is 13.8 Å². The van der Waals surface area contributed by atoms with Crippen LogP contribution in [0.5, 0.6) is 0 Å². The van der Waals surface area contributed by atoms with Gasteiger partial charge in [0, 0.05) is 11.3 Å². The number of nitrogens with zero attached hydrogens (tertiary/aromatic N) is 2. The predicted octanol–water partition coefficient (Wildman–Crippen LogP) is 3.81. The van der Waals surface area contributed by atoms with E-state index in [2.05, 4.69) is 5.10 Å². The smallest absolute Gasteiger partial charge is 0.338 e. The Labute approximate surface area is 154 Å². The molecule has 3 rings (SSSR count). The lowest BCUT2D eigenvalue weighted by Gasteiger charge is -2.07. The summed E-state index contributed by atoms with van der Waals surface area (Å²) in [5, 5.41) is 4.36. The number of ketones is 1. The zero-order valence-electron chi connectivity index (χ0n) is 14.7. The number of halogens is 2. The second kappa shape index (κ2) is 7.49. The van der Waals surface area contributed by atoms with Crippen LogP contribution in [0.25, 0.3) is 5.69 Å². The Bertz CT molecular complexity index is 1010. The number of Topliss-reactive ketones (excluding diaryl/α,β-unsaturated/α-hetero) is 1. The number of esters is 1. The van der Waals surface area contributed by atoms with Crippen molar-refractivity contribution in [2.75, 3.05) is 6.61 Å². The topological polar surface area (TPSA) is 61.2 Å². The molecule has 1 aromatic heterocycles. The van der Waals surface area contributed by atoms with Gasteiger partial charge in [-0.3, -0.25) is 4.79 Å². The van der Waals surface area contributed by atoms with Crippen LogP contribution in [-0.4, -0.2) is 28.1 Å².